The van der Waals surface area contributed by atoms with Gasteiger partial charge in [-0.05, 0) is 31.2 Å². The molecular weight excluding hydrogens is 224 g/mol. The van der Waals surface area contributed by atoms with Crippen molar-refractivity contribution >= 4 is 10.0 Å². The number of hydrogen-bond donors (Lipinski definition) is 1. The highest BCUT2D eigenvalue weighted by atomic mass is 32.2. The zero-order valence-corrected chi connectivity index (χ0v) is 9.50. The zero-order chi connectivity index (χ0) is 12.0. The van der Waals surface area contributed by atoms with Gasteiger partial charge in [0.25, 0.3) is 0 Å². The number of nitriles is 1. The van der Waals surface area contributed by atoms with Crippen molar-refractivity contribution in [2.75, 3.05) is 6.54 Å². The molecule has 0 aliphatic carbocycles. The van der Waals surface area contributed by atoms with E-state index in [2.05, 4.69) is 16.6 Å². The van der Waals surface area contributed by atoms with Gasteiger partial charge >= 0.3 is 0 Å². The Morgan fingerprint density at radius 1 is 1.31 bits per heavy atom. The molecule has 5 heteroatoms. The van der Waals surface area contributed by atoms with Gasteiger partial charge in [0.15, 0.2) is 0 Å². The fourth-order valence-electron chi connectivity index (χ4n) is 1.01. The van der Waals surface area contributed by atoms with Gasteiger partial charge < -0.3 is 0 Å². The first-order valence-electron chi connectivity index (χ1n) is 4.49. The van der Waals surface area contributed by atoms with Gasteiger partial charge in [-0.1, -0.05) is 5.92 Å². The summed E-state index contributed by atoms with van der Waals surface area (Å²) >= 11 is 0. The molecule has 0 saturated heterocycles. The highest BCUT2D eigenvalue weighted by molar-refractivity contribution is 7.89. The van der Waals surface area contributed by atoms with E-state index in [1.54, 1.807) is 6.92 Å². The average molecular weight is 234 g/mol. The minimum absolute atomic E-state index is 0.0822. The predicted octanol–water partition coefficient (Wildman–Crippen LogP) is 0.860. The molecule has 0 aromatic heterocycles. The third-order valence-electron chi connectivity index (χ3n) is 1.82. The molecule has 82 valence electrons. The molecule has 0 aliphatic heterocycles. The minimum atomic E-state index is -3.52. The quantitative estimate of drug-likeness (QED) is 0.788. The molecule has 0 atom stereocenters. The lowest BCUT2D eigenvalue weighted by atomic mass is 10.2. The molecule has 1 aromatic rings. The molecule has 1 rings (SSSR count). The third kappa shape index (κ3) is 3.09. The molecule has 0 saturated carbocycles. The highest BCUT2D eigenvalue weighted by Crippen LogP contribution is 2.09. The molecule has 0 spiro atoms. The molecule has 0 bridgehead atoms. The summed E-state index contributed by atoms with van der Waals surface area (Å²) in [5, 5.41) is 8.57. The summed E-state index contributed by atoms with van der Waals surface area (Å²) < 4.78 is 25.6. The zero-order valence-electron chi connectivity index (χ0n) is 8.69. The van der Waals surface area contributed by atoms with E-state index >= 15 is 0 Å². The molecule has 1 N–H and O–H groups in total. The molecule has 0 radical (unpaired) electrons. The SMILES string of the molecule is CC#CCNS(=O)(=O)c1ccc(C#N)cc1. The first-order valence-corrected chi connectivity index (χ1v) is 5.98. The lowest BCUT2D eigenvalue weighted by molar-refractivity contribution is 0.586. The van der Waals surface area contributed by atoms with Crippen LogP contribution in [0.5, 0.6) is 0 Å². The van der Waals surface area contributed by atoms with E-state index in [0.717, 1.165) is 0 Å². The lowest BCUT2D eigenvalue weighted by Crippen LogP contribution is -2.23. The Morgan fingerprint density at radius 2 is 1.94 bits per heavy atom. The van der Waals surface area contributed by atoms with Crippen molar-refractivity contribution in [3.63, 3.8) is 0 Å². The van der Waals surface area contributed by atoms with E-state index in [4.69, 9.17) is 5.26 Å². The standard InChI is InChI=1S/C11H10N2O2S/c1-2-3-8-13-16(14,15)11-6-4-10(9-12)5-7-11/h4-7,13H,8H2,1H3. The van der Waals surface area contributed by atoms with Crippen LogP contribution < -0.4 is 4.72 Å². The Morgan fingerprint density at radius 3 is 2.44 bits per heavy atom. The maximum Gasteiger partial charge on any atom is 0.241 e. The second kappa shape index (κ2) is 5.32. The van der Waals surface area contributed by atoms with Crippen LogP contribution in [-0.4, -0.2) is 15.0 Å². The van der Waals surface area contributed by atoms with Crippen LogP contribution >= 0.6 is 0 Å². The lowest BCUT2D eigenvalue weighted by Gasteiger charge is -2.03. The van der Waals surface area contributed by atoms with E-state index in [1.165, 1.54) is 24.3 Å². The van der Waals surface area contributed by atoms with E-state index in [0.29, 0.717) is 5.56 Å². The summed E-state index contributed by atoms with van der Waals surface area (Å²) in [6.07, 6.45) is 0. The van der Waals surface area contributed by atoms with Gasteiger partial charge in [0.2, 0.25) is 10.0 Å². The molecule has 0 unspecified atom stereocenters. The fraction of sp³-hybridized carbons (Fsp3) is 0.182. The Balaban J connectivity index is 2.89. The first-order chi connectivity index (χ1) is 7.60. The summed E-state index contributed by atoms with van der Waals surface area (Å²) in [4.78, 5) is 0.129. The topological polar surface area (TPSA) is 70.0 Å². The van der Waals surface area contributed by atoms with Crippen molar-refractivity contribution in [3.8, 4) is 17.9 Å². The molecule has 4 nitrogen and oxygen atoms in total. The van der Waals surface area contributed by atoms with Gasteiger partial charge in [0.1, 0.15) is 0 Å². The molecule has 0 aliphatic rings. The molecule has 1 aromatic carbocycles. The predicted molar refractivity (Wildman–Crippen MR) is 59.8 cm³/mol. The van der Waals surface area contributed by atoms with Crippen LogP contribution in [0.1, 0.15) is 12.5 Å². The average Bonchev–Trinajstić information content (AvgIpc) is 2.29. The summed E-state index contributed by atoms with van der Waals surface area (Å²) in [6, 6.07) is 7.62. The number of sulfonamides is 1. The van der Waals surface area contributed by atoms with Gasteiger partial charge in [-0.15, -0.1) is 5.92 Å². The van der Waals surface area contributed by atoms with E-state index in [9.17, 15) is 8.42 Å². The van der Waals surface area contributed by atoms with Gasteiger partial charge in [-0.2, -0.15) is 9.98 Å². The van der Waals surface area contributed by atoms with Crippen molar-refractivity contribution in [2.45, 2.75) is 11.8 Å². The monoisotopic (exact) mass is 234 g/mol. The molecule has 16 heavy (non-hydrogen) atoms. The van der Waals surface area contributed by atoms with Crippen LogP contribution in [0, 0.1) is 23.2 Å². The van der Waals surface area contributed by atoms with Crippen LogP contribution in [-0.2, 0) is 10.0 Å². The van der Waals surface area contributed by atoms with Crippen LogP contribution in [0.4, 0.5) is 0 Å². The Labute approximate surface area is 95.0 Å². The van der Waals surface area contributed by atoms with Crippen molar-refractivity contribution in [3.05, 3.63) is 29.8 Å². The smallest absolute Gasteiger partial charge is 0.207 e. The van der Waals surface area contributed by atoms with E-state index < -0.39 is 10.0 Å². The molecular formula is C11H10N2O2S. The van der Waals surface area contributed by atoms with Crippen LogP contribution in [0.25, 0.3) is 0 Å². The van der Waals surface area contributed by atoms with Gasteiger partial charge in [0.05, 0.1) is 23.1 Å². The van der Waals surface area contributed by atoms with Crippen LogP contribution in [0.3, 0.4) is 0 Å². The normalized spacial score (nSPS) is 10.0. The summed E-state index contributed by atoms with van der Waals surface area (Å²) in [7, 11) is -3.52. The first kappa shape index (κ1) is 12.3. The summed E-state index contributed by atoms with van der Waals surface area (Å²) in [5.41, 5.74) is 0.423. The Kier molecular flexibility index (Phi) is 4.07. The van der Waals surface area contributed by atoms with Crippen molar-refractivity contribution < 1.29 is 8.42 Å². The molecule has 0 fully saturated rings. The maximum atomic E-state index is 11.6. The van der Waals surface area contributed by atoms with Crippen molar-refractivity contribution in [1.82, 2.24) is 4.72 Å². The van der Waals surface area contributed by atoms with Gasteiger partial charge in [-0.25, -0.2) is 8.42 Å². The fourth-order valence-corrected chi connectivity index (χ4v) is 1.93. The number of nitrogens with zero attached hydrogens (tertiary/aromatic N) is 1. The second-order valence-electron chi connectivity index (χ2n) is 2.89. The summed E-state index contributed by atoms with van der Waals surface area (Å²) in [5.74, 6) is 5.19. The number of hydrogen-bond acceptors (Lipinski definition) is 3. The molecule has 0 amide bonds. The Bertz CT molecular complexity index is 557. The van der Waals surface area contributed by atoms with E-state index in [1.807, 2.05) is 6.07 Å². The number of rotatable bonds is 3. The summed E-state index contributed by atoms with van der Waals surface area (Å²) in [6.45, 7) is 1.72. The number of benzene rings is 1. The second-order valence-corrected chi connectivity index (χ2v) is 4.65. The highest BCUT2D eigenvalue weighted by Gasteiger charge is 2.11. The van der Waals surface area contributed by atoms with Crippen molar-refractivity contribution in [1.29, 1.82) is 5.26 Å². The van der Waals surface area contributed by atoms with Crippen molar-refractivity contribution in [2.24, 2.45) is 0 Å². The molecule has 0 heterocycles. The number of nitrogens with one attached hydrogen (secondary N) is 1. The maximum absolute atomic E-state index is 11.6. The van der Waals surface area contributed by atoms with Gasteiger partial charge in [-0.3, -0.25) is 0 Å². The Hall–Kier alpha value is -1.82. The van der Waals surface area contributed by atoms with E-state index in [-0.39, 0.29) is 11.4 Å². The van der Waals surface area contributed by atoms with Gasteiger partial charge in [0, 0.05) is 0 Å². The van der Waals surface area contributed by atoms with Crippen LogP contribution in [0.2, 0.25) is 0 Å². The largest absolute Gasteiger partial charge is 0.241 e. The third-order valence-corrected chi connectivity index (χ3v) is 3.24. The minimum Gasteiger partial charge on any atom is -0.207 e. The van der Waals surface area contributed by atoms with Crippen LogP contribution in [0.15, 0.2) is 29.2 Å².